The number of hydrogen-bond acceptors (Lipinski definition) is 4. The number of aromatic nitrogens is 2. The van der Waals surface area contributed by atoms with E-state index in [2.05, 4.69) is 25.8 Å². The molecule has 5 nitrogen and oxygen atoms in total. The summed E-state index contributed by atoms with van der Waals surface area (Å²) in [4.78, 5) is 26.7. The first-order valence-corrected chi connectivity index (χ1v) is 10.0. The normalized spacial score (nSPS) is 22.4. The van der Waals surface area contributed by atoms with Crippen LogP contribution in [0, 0.1) is 5.92 Å². The number of fused-ring (bicyclic) bond motifs is 5. The van der Waals surface area contributed by atoms with Gasteiger partial charge in [0, 0.05) is 55.6 Å². The van der Waals surface area contributed by atoms with Gasteiger partial charge < -0.3 is 4.90 Å². The van der Waals surface area contributed by atoms with E-state index in [1.54, 1.807) is 6.20 Å². The lowest BCUT2D eigenvalue weighted by molar-refractivity contribution is 0.0735. The van der Waals surface area contributed by atoms with Crippen LogP contribution in [0.2, 0.25) is 0 Å². The van der Waals surface area contributed by atoms with Gasteiger partial charge in [-0.1, -0.05) is 12.1 Å². The molecule has 5 heterocycles. The van der Waals surface area contributed by atoms with E-state index >= 15 is 0 Å². The summed E-state index contributed by atoms with van der Waals surface area (Å²) in [6, 6.07) is 16.3. The molecule has 1 aromatic carbocycles. The predicted molar refractivity (Wildman–Crippen MR) is 109 cm³/mol. The van der Waals surface area contributed by atoms with Crippen LogP contribution in [0.5, 0.6) is 0 Å². The molecule has 3 aliphatic heterocycles. The van der Waals surface area contributed by atoms with Gasteiger partial charge in [-0.2, -0.15) is 0 Å². The Morgan fingerprint density at radius 2 is 1.89 bits per heavy atom. The van der Waals surface area contributed by atoms with Gasteiger partial charge in [-0.3, -0.25) is 19.7 Å². The number of benzene rings is 1. The molecule has 3 aliphatic rings. The number of piperidine rings is 1. The number of hydrogen-bond donors (Lipinski definition) is 0. The number of carbonyl (C=O) groups excluding carboxylic acids is 1. The van der Waals surface area contributed by atoms with Crippen LogP contribution in [0.3, 0.4) is 0 Å². The Labute approximate surface area is 165 Å². The van der Waals surface area contributed by atoms with Gasteiger partial charge in [0.05, 0.1) is 11.2 Å². The smallest absolute Gasteiger partial charge is 0.253 e. The molecule has 5 heteroatoms. The molecule has 2 atom stereocenters. The Hall–Kier alpha value is -2.79. The van der Waals surface area contributed by atoms with Crippen molar-refractivity contribution in [3.63, 3.8) is 0 Å². The third kappa shape index (κ3) is 3.38. The first-order valence-electron chi connectivity index (χ1n) is 10.0. The summed E-state index contributed by atoms with van der Waals surface area (Å²) in [5, 5.41) is 1.02. The fraction of sp³-hybridized carbons (Fsp3) is 0.348. The molecule has 0 saturated carbocycles. The standard InChI is InChI=1S/C23H24N4O/c28-23(19-7-9-22-18(12-19)4-3-11-25-22)27-14-17-6-8-21(16-27)26(13-17)15-20-5-1-2-10-24-20/h1-5,7,9-12,17,21H,6,8,13-16H2/t17-,21-/m1/s1. The quantitative estimate of drug-likeness (QED) is 0.707. The highest BCUT2D eigenvalue weighted by molar-refractivity contribution is 5.98. The lowest BCUT2D eigenvalue weighted by Gasteiger charge is -2.35. The molecule has 6 rings (SSSR count). The van der Waals surface area contributed by atoms with E-state index in [0.29, 0.717) is 12.0 Å². The van der Waals surface area contributed by atoms with Gasteiger partial charge in [0.1, 0.15) is 0 Å². The Bertz CT molecular complexity index is 990. The van der Waals surface area contributed by atoms with Gasteiger partial charge in [0.2, 0.25) is 0 Å². The van der Waals surface area contributed by atoms with Crippen molar-refractivity contribution in [2.45, 2.75) is 25.4 Å². The second-order valence-corrected chi connectivity index (χ2v) is 7.97. The minimum absolute atomic E-state index is 0.141. The van der Waals surface area contributed by atoms with Gasteiger partial charge in [0.25, 0.3) is 5.91 Å². The second-order valence-electron chi connectivity index (χ2n) is 7.97. The molecule has 1 amide bonds. The zero-order valence-electron chi connectivity index (χ0n) is 15.9. The summed E-state index contributed by atoms with van der Waals surface area (Å²) in [5.41, 5.74) is 2.80. The van der Waals surface area contributed by atoms with Gasteiger partial charge in [-0.05, 0) is 55.2 Å². The third-order valence-electron chi connectivity index (χ3n) is 6.06. The van der Waals surface area contributed by atoms with Crippen molar-refractivity contribution in [2.24, 2.45) is 5.92 Å². The molecule has 0 aliphatic carbocycles. The van der Waals surface area contributed by atoms with Crippen molar-refractivity contribution < 1.29 is 4.79 Å². The van der Waals surface area contributed by atoms with Gasteiger partial charge in [-0.15, -0.1) is 0 Å². The van der Waals surface area contributed by atoms with E-state index < -0.39 is 0 Å². The molecule has 28 heavy (non-hydrogen) atoms. The molecular formula is C23H24N4O. The van der Waals surface area contributed by atoms with Crippen LogP contribution in [0.15, 0.2) is 60.9 Å². The monoisotopic (exact) mass is 372 g/mol. The van der Waals surface area contributed by atoms with E-state index in [-0.39, 0.29) is 5.91 Å². The Balaban J connectivity index is 1.35. The maximum absolute atomic E-state index is 13.3. The molecule has 3 fully saturated rings. The molecule has 2 bridgehead atoms. The molecule has 0 spiro atoms. The Kier molecular flexibility index (Phi) is 4.53. The maximum Gasteiger partial charge on any atom is 0.253 e. The summed E-state index contributed by atoms with van der Waals surface area (Å²) < 4.78 is 0. The number of pyridine rings is 2. The fourth-order valence-electron chi connectivity index (χ4n) is 4.63. The highest BCUT2D eigenvalue weighted by Gasteiger charge is 2.36. The Morgan fingerprint density at radius 1 is 0.964 bits per heavy atom. The summed E-state index contributed by atoms with van der Waals surface area (Å²) in [5.74, 6) is 0.677. The number of carbonyl (C=O) groups is 1. The maximum atomic E-state index is 13.3. The minimum Gasteiger partial charge on any atom is -0.337 e. The largest absolute Gasteiger partial charge is 0.337 e. The topological polar surface area (TPSA) is 49.3 Å². The molecule has 0 unspecified atom stereocenters. The van der Waals surface area contributed by atoms with E-state index in [9.17, 15) is 4.79 Å². The summed E-state index contributed by atoms with van der Waals surface area (Å²) in [6.45, 7) is 3.56. The van der Waals surface area contributed by atoms with Gasteiger partial charge in [-0.25, -0.2) is 0 Å². The van der Waals surface area contributed by atoms with Crippen LogP contribution in [-0.4, -0.2) is 51.4 Å². The van der Waals surface area contributed by atoms with Crippen molar-refractivity contribution in [2.75, 3.05) is 19.6 Å². The molecule has 0 radical (unpaired) electrons. The highest BCUT2D eigenvalue weighted by atomic mass is 16.2. The SMILES string of the molecule is O=C(c1ccc2ncccc2c1)N1C[C@@H]2CC[C@H](C1)N(Cc1ccccn1)C2. The van der Waals surface area contributed by atoms with Crippen LogP contribution in [0.1, 0.15) is 28.9 Å². The van der Waals surface area contributed by atoms with Gasteiger partial charge >= 0.3 is 0 Å². The van der Waals surface area contributed by atoms with Crippen LogP contribution in [0.25, 0.3) is 10.9 Å². The first kappa shape index (κ1) is 17.3. The van der Waals surface area contributed by atoms with E-state index in [4.69, 9.17) is 0 Å². The van der Waals surface area contributed by atoms with Crippen molar-refractivity contribution in [1.29, 1.82) is 0 Å². The summed E-state index contributed by atoms with van der Waals surface area (Å²) in [7, 11) is 0. The van der Waals surface area contributed by atoms with Crippen LogP contribution in [0.4, 0.5) is 0 Å². The Morgan fingerprint density at radius 3 is 2.79 bits per heavy atom. The van der Waals surface area contributed by atoms with Crippen molar-refractivity contribution in [1.82, 2.24) is 19.8 Å². The second kappa shape index (κ2) is 7.32. The molecular weight excluding hydrogens is 348 g/mol. The zero-order chi connectivity index (χ0) is 18.9. The number of rotatable bonds is 3. The van der Waals surface area contributed by atoms with Crippen LogP contribution >= 0.6 is 0 Å². The van der Waals surface area contributed by atoms with Crippen LogP contribution < -0.4 is 0 Å². The van der Waals surface area contributed by atoms with E-state index in [1.165, 1.54) is 6.42 Å². The van der Waals surface area contributed by atoms with Crippen LogP contribution in [-0.2, 0) is 6.54 Å². The van der Waals surface area contributed by atoms with E-state index in [1.807, 2.05) is 48.7 Å². The average Bonchev–Trinajstić information content (AvgIpc) is 3.05. The first-order chi connectivity index (χ1) is 13.8. The number of nitrogens with zero attached hydrogens (tertiary/aromatic N) is 4. The molecule has 2 aromatic heterocycles. The molecule has 0 N–H and O–H groups in total. The highest BCUT2D eigenvalue weighted by Crippen LogP contribution is 2.30. The lowest BCUT2D eigenvalue weighted by Crippen LogP contribution is -2.44. The van der Waals surface area contributed by atoms with Gasteiger partial charge in [0.15, 0.2) is 0 Å². The third-order valence-corrected chi connectivity index (χ3v) is 6.06. The van der Waals surface area contributed by atoms with Crippen molar-refractivity contribution in [3.05, 3.63) is 72.2 Å². The van der Waals surface area contributed by atoms with Crippen molar-refractivity contribution in [3.8, 4) is 0 Å². The predicted octanol–water partition coefficient (Wildman–Crippen LogP) is 3.37. The minimum atomic E-state index is 0.141. The number of amides is 1. The fourth-order valence-corrected chi connectivity index (χ4v) is 4.63. The van der Waals surface area contributed by atoms with Crippen molar-refractivity contribution >= 4 is 16.8 Å². The summed E-state index contributed by atoms with van der Waals surface area (Å²) in [6.07, 6.45) is 6.00. The zero-order valence-corrected chi connectivity index (χ0v) is 15.9. The average molecular weight is 372 g/mol. The summed E-state index contributed by atoms with van der Waals surface area (Å²) >= 11 is 0. The lowest BCUT2D eigenvalue weighted by atomic mass is 9.95. The molecule has 3 aromatic rings. The molecule has 3 saturated heterocycles. The molecule has 142 valence electrons. The van der Waals surface area contributed by atoms with E-state index in [0.717, 1.165) is 54.8 Å².